The van der Waals surface area contributed by atoms with Crippen LogP contribution in [0.5, 0.6) is 0 Å². The summed E-state index contributed by atoms with van der Waals surface area (Å²) in [4.78, 5) is 4.36. The first-order valence-corrected chi connectivity index (χ1v) is 7.18. The third-order valence-electron chi connectivity index (χ3n) is 3.07. The second kappa shape index (κ2) is 6.13. The zero-order valence-corrected chi connectivity index (χ0v) is 13.4. The molecule has 1 aromatic heterocycles. The summed E-state index contributed by atoms with van der Waals surface area (Å²) in [5.41, 5.74) is 7.15. The van der Waals surface area contributed by atoms with Gasteiger partial charge in [-0.25, -0.2) is 0 Å². The summed E-state index contributed by atoms with van der Waals surface area (Å²) in [5, 5.41) is 4.62. The average molecular weight is 310 g/mol. The van der Waals surface area contributed by atoms with E-state index in [1.807, 2.05) is 39.8 Å². The van der Waals surface area contributed by atoms with Gasteiger partial charge in [0.05, 0.1) is 12.7 Å². The van der Waals surface area contributed by atoms with Crippen LogP contribution in [0.3, 0.4) is 0 Å². The maximum absolute atomic E-state index is 6.20. The van der Waals surface area contributed by atoms with E-state index in [0.29, 0.717) is 23.3 Å². The van der Waals surface area contributed by atoms with Gasteiger partial charge in [-0.3, -0.25) is 0 Å². The standard InChI is InChI=1S/C15H20ClN3O2/c1-9(2)20-8-15(4,17)14-18-13(21-19-14)11-6-5-10(3)12(16)7-11/h5-7,9H,8,17H2,1-4H3. The first kappa shape index (κ1) is 15.9. The molecule has 2 N–H and O–H groups in total. The number of benzene rings is 1. The molecule has 0 saturated heterocycles. The van der Waals surface area contributed by atoms with Crippen molar-refractivity contribution < 1.29 is 9.26 Å². The highest BCUT2D eigenvalue weighted by atomic mass is 35.5. The molecular formula is C15H20ClN3O2. The Morgan fingerprint density at radius 3 is 2.76 bits per heavy atom. The van der Waals surface area contributed by atoms with Crippen LogP contribution in [0.1, 0.15) is 32.2 Å². The largest absolute Gasteiger partial charge is 0.376 e. The summed E-state index contributed by atoms with van der Waals surface area (Å²) in [7, 11) is 0. The van der Waals surface area contributed by atoms with Crippen molar-refractivity contribution >= 4 is 11.6 Å². The number of hydrogen-bond acceptors (Lipinski definition) is 5. The van der Waals surface area contributed by atoms with E-state index in [1.54, 1.807) is 6.07 Å². The molecule has 0 aliphatic carbocycles. The predicted octanol–water partition coefficient (Wildman–Crippen LogP) is 3.30. The Morgan fingerprint density at radius 1 is 1.43 bits per heavy atom. The van der Waals surface area contributed by atoms with Gasteiger partial charge in [0.25, 0.3) is 5.89 Å². The van der Waals surface area contributed by atoms with Gasteiger partial charge in [0, 0.05) is 10.6 Å². The summed E-state index contributed by atoms with van der Waals surface area (Å²) in [6, 6.07) is 5.59. The number of nitrogens with zero attached hydrogens (tertiary/aromatic N) is 2. The zero-order chi connectivity index (χ0) is 15.6. The molecule has 0 aliphatic heterocycles. The van der Waals surface area contributed by atoms with Gasteiger partial charge in [0.1, 0.15) is 5.54 Å². The van der Waals surface area contributed by atoms with Crippen LogP contribution in [0.2, 0.25) is 5.02 Å². The Kier molecular flexibility index (Phi) is 4.66. The molecule has 1 unspecified atom stereocenters. The lowest BCUT2D eigenvalue weighted by molar-refractivity contribution is 0.0410. The van der Waals surface area contributed by atoms with Crippen LogP contribution in [0.25, 0.3) is 11.5 Å². The van der Waals surface area contributed by atoms with E-state index in [0.717, 1.165) is 11.1 Å². The van der Waals surface area contributed by atoms with Crippen LogP contribution in [0, 0.1) is 6.92 Å². The van der Waals surface area contributed by atoms with E-state index in [1.165, 1.54) is 0 Å². The second-order valence-electron chi connectivity index (χ2n) is 5.66. The van der Waals surface area contributed by atoms with Gasteiger partial charge >= 0.3 is 0 Å². The maximum Gasteiger partial charge on any atom is 0.258 e. The third-order valence-corrected chi connectivity index (χ3v) is 3.48. The average Bonchev–Trinajstić information content (AvgIpc) is 2.90. The topological polar surface area (TPSA) is 74.2 Å². The first-order valence-electron chi connectivity index (χ1n) is 6.81. The highest BCUT2D eigenvalue weighted by Crippen LogP contribution is 2.25. The van der Waals surface area contributed by atoms with Crippen molar-refractivity contribution in [2.75, 3.05) is 6.61 Å². The fourth-order valence-electron chi connectivity index (χ4n) is 1.70. The Balaban J connectivity index is 2.22. The maximum atomic E-state index is 6.20. The Morgan fingerprint density at radius 2 is 2.14 bits per heavy atom. The monoisotopic (exact) mass is 309 g/mol. The van der Waals surface area contributed by atoms with Gasteiger partial charge in [0.2, 0.25) is 0 Å². The van der Waals surface area contributed by atoms with E-state index in [9.17, 15) is 0 Å². The fourth-order valence-corrected chi connectivity index (χ4v) is 1.88. The van der Waals surface area contributed by atoms with Crippen molar-refractivity contribution in [1.29, 1.82) is 0 Å². The molecular weight excluding hydrogens is 290 g/mol. The lowest BCUT2D eigenvalue weighted by atomic mass is 10.1. The summed E-state index contributed by atoms with van der Waals surface area (Å²) in [5.74, 6) is 0.808. The molecule has 0 fully saturated rings. The minimum absolute atomic E-state index is 0.0927. The van der Waals surface area contributed by atoms with Gasteiger partial charge in [0.15, 0.2) is 5.82 Å². The molecule has 21 heavy (non-hydrogen) atoms. The lowest BCUT2D eigenvalue weighted by Crippen LogP contribution is -2.40. The molecule has 2 rings (SSSR count). The van der Waals surface area contributed by atoms with Gasteiger partial charge in [-0.1, -0.05) is 22.8 Å². The molecule has 5 nitrogen and oxygen atoms in total. The molecule has 0 aliphatic rings. The van der Waals surface area contributed by atoms with Crippen molar-refractivity contribution in [3.8, 4) is 11.5 Å². The van der Waals surface area contributed by atoms with Gasteiger partial charge < -0.3 is 15.0 Å². The number of aromatic nitrogens is 2. The van der Waals surface area contributed by atoms with Crippen molar-refractivity contribution in [2.45, 2.75) is 39.3 Å². The number of rotatable bonds is 5. The Hall–Kier alpha value is -1.43. The quantitative estimate of drug-likeness (QED) is 0.917. The van der Waals surface area contributed by atoms with Gasteiger partial charge in [-0.2, -0.15) is 4.98 Å². The van der Waals surface area contributed by atoms with E-state index >= 15 is 0 Å². The third kappa shape index (κ3) is 3.81. The van der Waals surface area contributed by atoms with Crippen LogP contribution in [0.4, 0.5) is 0 Å². The van der Waals surface area contributed by atoms with Crippen molar-refractivity contribution in [2.24, 2.45) is 5.73 Å². The predicted molar refractivity (Wildman–Crippen MR) is 82.1 cm³/mol. The molecule has 0 amide bonds. The smallest absolute Gasteiger partial charge is 0.258 e. The molecule has 6 heteroatoms. The summed E-state index contributed by atoms with van der Waals surface area (Å²) >= 11 is 6.11. The highest BCUT2D eigenvalue weighted by molar-refractivity contribution is 6.31. The SMILES string of the molecule is Cc1ccc(-c2nc(C(C)(N)COC(C)C)no2)cc1Cl. The first-order chi connectivity index (χ1) is 9.79. The van der Waals surface area contributed by atoms with Crippen LogP contribution in [-0.2, 0) is 10.3 Å². The molecule has 1 aromatic carbocycles. The summed E-state index contributed by atoms with van der Waals surface area (Å²) in [6.07, 6.45) is 0.0927. The number of ether oxygens (including phenoxy) is 1. The fraction of sp³-hybridized carbons (Fsp3) is 0.467. The molecule has 114 valence electrons. The lowest BCUT2D eigenvalue weighted by Gasteiger charge is -2.21. The number of halogens is 1. The van der Waals surface area contributed by atoms with E-state index in [4.69, 9.17) is 26.6 Å². The van der Waals surface area contributed by atoms with Crippen LogP contribution >= 0.6 is 11.6 Å². The number of hydrogen-bond donors (Lipinski definition) is 1. The van der Waals surface area contributed by atoms with Crippen LogP contribution in [0.15, 0.2) is 22.7 Å². The zero-order valence-electron chi connectivity index (χ0n) is 12.7. The van der Waals surface area contributed by atoms with Crippen LogP contribution < -0.4 is 5.73 Å². The Bertz CT molecular complexity index is 623. The molecule has 0 saturated carbocycles. The van der Waals surface area contributed by atoms with Crippen molar-refractivity contribution in [3.05, 3.63) is 34.6 Å². The van der Waals surface area contributed by atoms with Gasteiger partial charge in [-0.15, -0.1) is 0 Å². The molecule has 0 bridgehead atoms. The molecule has 2 aromatic rings. The molecule has 1 atom stereocenters. The molecule has 1 heterocycles. The van der Waals surface area contributed by atoms with Gasteiger partial charge in [-0.05, 0) is 45.4 Å². The minimum atomic E-state index is -0.805. The number of aryl methyl sites for hydroxylation is 1. The summed E-state index contributed by atoms with van der Waals surface area (Å²) < 4.78 is 10.8. The van der Waals surface area contributed by atoms with E-state index in [-0.39, 0.29) is 6.10 Å². The summed E-state index contributed by atoms with van der Waals surface area (Å²) in [6.45, 7) is 7.97. The second-order valence-corrected chi connectivity index (χ2v) is 6.07. The number of nitrogens with two attached hydrogens (primary N) is 1. The van der Waals surface area contributed by atoms with E-state index in [2.05, 4.69) is 10.1 Å². The molecule has 0 radical (unpaired) electrons. The van der Waals surface area contributed by atoms with Crippen molar-refractivity contribution in [1.82, 2.24) is 10.1 Å². The highest BCUT2D eigenvalue weighted by Gasteiger charge is 2.28. The minimum Gasteiger partial charge on any atom is -0.376 e. The normalized spacial score (nSPS) is 14.4. The van der Waals surface area contributed by atoms with Crippen LogP contribution in [-0.4, -0.2) is 22.9 Å². The Labute approximate surface area is 129 Å². The van der Waals surface area contributed by atoms with Crippen molar-refractivity contribution in [3.63, 3.8) is 0 Å². The molecule has 0 spiro atoms. The van der Waals surface area contributed by atoms with E-state index < -0.39 is 5.54 Å².